The Hall–Kier alpha value is -3.45. The van der Waals surface area contributed by atoms with Crippen LogP contribution in [-0.4, -0.2) is 48.9 Å². The van der Waals surface area contributed by atoms with Gasteiger partial charge in [0.15, 0.2) is 0 Å². The first kappa shape index (κ1) is 22.2. The van der Waals surface area contributed by atoms with Gasteiger partial charge in [0.1, 0.15) is 5.82 Å². The number of aromatic nitrogens is 1. The van der Waals surface area contributed by atoms with E-state index in [1.54, 1.807) is 0 Å². The number of pyridine rings is 1. The summed E-state index contributed by atoms with van der Waals surface area (Å²) in [4.78, 5) is 32.8. The summed E-state index contributed by atoms with van der Waals surface area (Å²) in [5.74, 6) is -0.0654. The molecule has 3 rings (SSSR count). The predicted octanol–water partition coefficient (Wildman–Crippen LogP) is 2.97. The van der Waals surface area contributed by atoms with Gasteiger partial charge in [-0.2, -0.15) is 0 Å². The van der Waals surface area contributed by atoms with E-state index in [9.17, 15) is 9.59 Å². The summed E-state index contributed by atoms with van der Waals surface area (Å²) in [6.07, 6.45) is 0. The Balaban J connectivity index is 2.08. The van der Waals surface area contributed by atoms with E-state index in [4.69, 9.17) is 10.7 Å². The molecule has 2 amide bonds. The van der Waals surface area contributed by atoms with Crippen LogP contribution < -0.4 is 16.0 Å². The summed E-state index contributed by atoms with van der Waals surface area (Å²) < 4.78 is 0. The van der Waals surface area contributed by atoms with E-state index < -0.39 is 5.91 Å². The number of anilines is 2. The van der Waals surface area contributed by atoms with E-state index in [0.717, 1.165) is 34.3 Å². The van der Waals surface area contributed by atoms with Gasteiger partial charge in [-0.1, -0.05) is 18.2 Å². The van der Waals surface area contributed by atoms with Gasteiger partial charge < -0.3 is 20.9 Å². The van der Waals surface area contributed by atoms with Crippen LogP contribution >= 0.6 is 0 Å². The van der Waals surface area contributed by atoms with E-state index in [2.05, 4.69) is 21.2 Å². The Morgan fingerprint density at radius 2 is 1.97 bits per heavy atom. The summed E-state index contributed by atoms with van der Waals surface area (Å²) in [6, 6.07) is 16.2. The van der Waals surface area contributed by atoms with Gasteiger partial charge in [0.2, 0.25) is 5.91 Å². The van der Waals surface area contributed by atoms with E-state index >= 15 is 0 Å². The molecule has 0 saturated carbocycles. The zero-order chi connectivity index (χ0) is 22.5. The summed E-state index contributed by atoms with van der Waals surface area (Å²) in [7, 11) is 4.00. The fraction of sp³-hybridized carbons (Fsp3) is 0.292. The first-order chi connectivity index (χ1) is 14.8. The van der Waals surface area contributed by atoms with Gasteiger partial charge in [-0.05, 0) is 62.5 Å². The summed E-state index contributed by atoms with van der Waals surface area (Å²) in [6.45, 7) is 5.30. The van der Waals surface area contributed by atoms with E-state index in [1.165, 1.54) is 6.92 Å². The molecule has 3 N–H and O–H groups in total. The van der Waals surface area contributed by atoms with Gasteiger partial charge in [0.25, 0.3) is 5.91 Å². The number of fused-ring (bicyclic) bond motifs is 1. The lowest BCUT2D eigenvalue weighted by Crippen LogP contribution is -2.34. The SMILES string of the molecule is CC(=O)Nc1cccc(CN(CCN(C)C)c2nc3cc[c]cc3c(C)c2C(N)=O)c1. The number of primary amides is 1. The molecule has 0 saturated heterocycles. The average Bonchev–Trinajstić information content (AvgIpc) is 2.70. The van der Waals surface area contributed by atoms with Crippen molar-refractivity contribution in [1.82, 2.24) is 9.88 Å². The van der Waals surface area contributed by atoms with Crippen molar-refractivity contribution in [2.24, 2.45) is 5.73 Å². The second kappa shape index (κ2) is 9.57. The molecule has 3 aromatic rings. The van der Waals surface area contributed by atoms with Crippen molar-refractivity contribution in [2.45, 2.75) is 20.4 Å². The Labute approximate surface area is 182 Å². The number of nitrogens with one attached hydrogen (secondary N) is 1. The number of hydrogen-bond donors (Lipinski definition) is 2. The van der Waals surface area contributed by atoms with E-state index in [1.807, 2.05) is 63.5 Å². The van der Waals surface area contributed by atoms with Gasteiger partial charge >= 0.3 is 0 Å². The van der Waals surface area contributed by atoms with Gasteiger partial charge in [-0.3, -0.25) is 9.59 Å². The lowest BCUT2D eigenvalue weighted by atomic mass is 10.0. The monoisotopic (exact) mass is 418 g/mol. The average molecular weight is 419 g/mol. The zero-order valence-corrected chi connectivity index (χ0v) is 18.4. The van der Waals surface area contributed by atoms with E-state index in [0.29, 0.717) is 24.5 Å². The smallest absolute Gasteiger partial charge is 0.252 e. The number of nitrogens with zero attached hydrogens (tertiary/aromatic N) is 3. The third-order valence-electron chi connectivity index (χ3n) is 5.05. The first-order valence-electron chi connectivity index (χ1n) is 10.1. The highest BCUT2D eigenvalue weighted by atomic mass is 16.1. The molecule has 31 heavy (non-hydrogen) atoms. The van der Waals surface area contributed by atoms with Crippen LogP contribution in [0.3, 0.4) is 0 Å². The molecular weight excluding hydrogens is 390 g/mol. The van der Waals surface area contributed by atoms with Gasteiger partial charge in [-0.15, -0.1) is 0 Å². The van der Waals surface area contributed by atoms with Crippen molar-refractivity contribution >= 4 is 34.2 Å². The molecule has 1 radical (unpaired) electrons. The minimum atomic E-state index is -0.507. The van der Waals surface area contributed by atoms with Crippen LogP contribution in [0.5, 0.6) is 0 Å². The number of hydrogen-bond acceptors (Lipinski definition) is 5. The molecule has 2 aromatic carbocycles. The quantitative estimate of drug-likeness (QED) is 0.587. The molecule has 0 unspecified atom stereocenters. The second-order valence-corrected chi connectivity index (χ2v) is 7.85. The highest BCUT2D eigenvalue weighted by molar-refractivity contribution is 6.04. The van der Waals surface area contributed by atoms with Gasteiger partial charge in [-0.25, -0.2) is 4.98 Å². The van der Waals surface area contributed by atoms with Crippen LogP contribution in [0.2, 0.25) is 0 Å². The van der Waals surface area contributed by atoms with Crippen LogP contribution in [-0.2, 0) is 11.3 Å². The molecule has 0 aliphatic heterocycles. The lowest BCUT2D eigenvalue weighted by Gasteiger charge is -2.28. The Bertz CT molecular complexity index is 1110. The number of rotatable bonds is 8. The summed E-state index contributed by atoms with van der Waals surface area (Å²) in [5, 5.41) is 3.67. The van der Waals surface area contributed by atoms with Crippen molar-refractivity contribution < 1.29 is 9.59 Å². The number of amides is 2. The molecule has 1 heterocycles. The minimum Gasteiger partial charge on any atom is -0.365 e. The summed E-state index contributed by atoms with van der Waals surface area (Å²) in [5.41, 5.74) is 9.52. The zero-order valence-electron chi connectivity index (χ0n) is 18.4. The minimum absolute atomic E-state index is 0.124. The van der Waals surface area contributed by atoms with Crippen molar-refractivity contribution in [3.05, 3.63) is 65.2 Å². The third kappa shape index (κ3) is 5.38. The van der Waals surface area contributed by atoms with Crippen molar-refractivity contribution in [1.29, 1.82) is 0 Å². The normalized spacial score (nSPS) is 11.0. The topological polar surface area (TPSA) is 91.6 Å². The molecule has 7 nitrogen and oxygen atoms in total. The maximum atomic E-state index is 12.4. The number of likely N-dealkylation sites (N-methyl/N-ethyl adjacent to an activating group) is 1. The molecule has 0 bridgehead atoms. The molecule has 0 aliphatic rings. The highest BCUT2D eigenvalue weighted by Gasteiger charge is 2.22. The van der Waals surface area contributed by atoms with Crippen LogP contribution in [0.1, 0.15) is 28.4 Å². The van der Waals surface area contributed by atoms with Crippen molar-refractivity contribution in [2.75, 3.05) is 37.4 Å². The van der Waals surface area contributed by atoms with Gasteiger partial charge in [0.05, 0.1) is 11.1 Å². The van der Waals surface area contributed by atoms with Crippen LogP contribution in [0.15, 0.2) is 42.5 Å². The van der Waals surface area contributed by atoms with Crippen LogP contribution in [0.4, 0.5) is 11.5 Å². The third-order valence-corrected chi connectivity index (χ3v) is 5.05. The number of benzene rings is 2. The maximum absolute atomic E-state index is 12.4. The number of carbonyl (C=O) groups excluding carboxylic acids is 2. The molecule has 7 heteroatoms. The fourth-order valence-electron chi connectivity index (χ4n) is 3.57. The Morgan fingerprint density at radius 1 is 1.19 bits per heavy atom. The highest BCUT2D eigenvalue weighted by Crippen LogP contribution is 2.29. The Morgan fingerprint density at radius 3 is 2.65 bits per heavy atom. The molecule has 0 spiro atoms. The lowest BCUT2D eigenvalue weighted by molar-refractivity contribution is -0.114. The van der Waals surface area contributed by atoms with E-state index in [-0.39, 0.29) is 5.91 Å². The number of nitrogens with two attached hydrogens (primary N) is 1. The van der Waals surface area contributed by atoms with Crippen LogP contribution in [0.25, 0.3) is 10.9 Å². The fourth-order valence-corrected chi connectivity index (χ4v) is 3.57. The molecule has 161 valence electrons. The second-order valence-electron chi connectivity index (χ2n) is 7.85. The molecule has 1 aromatic heterocycles. The van der Waals surface area contributed by atoms with Crippen molar-refractivity contribution in [3.8, 4) is 0 Å². The van der Waals surface area contributed by atoms with Gasteiger partial charge in [0, 0.05) is 37.6 Å². The maximum Gasteiger partial charge on any atom is 0.252 e. The number of aryl methyl sites for hydroxylation is 1. The standard InChI is InChI=1S/C24H28N5O2/c1-16-20-10-5-6-11-21(20)27-24(22(16)23(25)31)29(13-12-28(3)4)15-18-8-7-9-19(14-18)26-17(2)30/h6-11,14H,12-13,15H2,1-4H3,(H2,25,31)(H,26,30). The summed E-state index contributed by atoms with van der Waals surface area (Å²) >= 11 is 0. The molecule has 0 fully saturated rings. The molecular formula is C24H28N5O2. The predicted molar refractivity (Wildman–Crippen MR) is 124 cm³/mol. The Kier molecular flexibility index (Phi) is 6.87. The first-order valence-corrected chi connectivity index (χ1v) is 10.1. The largest absolute Gasteiger partial charge is 0.365 e. The molecule has 0 aliphatic carbocycles. The van der Waals surface area contributed by atoms with Crippen molar-refractivity contribution in [3.63, 3.8) is 0 Å². The molecule has 0 atom stereocenters. The number of carbonyl (C=O) groups is 2. The van der Waals surface area contributed by atoms with Crippen LogP contribution in [0, 0.1) is 13.0 Å².